The number of imide groups is 2. The third-order valence-electron chi connectivity index (χ3n) is 5.48. The minimum Gasteiger partial charge on any atom is -0.277 e. The Morgan fingerprint density at radius 3 is 2.64 bits per heavy atom. The quantitative estimate of drug-likeness (QED) is 0.665. The lowest BCUT2D eigenvalue weighted by molar-refractivity contribution is -0.141. The molecule has 2 aliphatic carbocycles. The van der Waals surface area contributed by atoms with E-state index in [4.69, 9.17) is 11.6 Å². The number of para-hydroxylation sites is 1. The predicted octanol–water partition coefficient (Wildman–Crippen LogP) is 2.93. The summed E-state index contributed by atoms with van der Waals surface area (Å²) in [5.74, 6) is -1.28. The van der Waals surface area contributed by atoms with Gasteiger partial charge in [0, 0.05) is 12.3 Å². The van der Waals surface area contributed by atoms with Crippen LogP contribution in [0.15, 0.2) is 29.3 Å². The van der Waals surface area contributed by atoms with E-state index in [1.165, 1.54) is 17.5 Å². The van der Waals surface area contributed by atoms with Crippen LogP contribution in [-0.2, 0) is 9.59 Å². The summed E-state index contributed by atoms with van der Waals surface area (Å²) in [5.41, 5.74) is 0.480. The van der Waals surface area contributed by atoms with Gasteiger partial charge >= 0.3 is 6.03 Å². The second kappa shape index (κ2) is 6.26. The van der Waals surface area contributed by atoms with Gasteiger partial charge < -0.3 is 0 Å². The Balaban J connectivity index is 1.57. The van der Waals surface area contributed by atoms with Crippen molar-refractivity contribution in [3.05, 3.63) is 29.3 Å². The summed E-state index contributed by atoms with van der Waals surface area (Å²) < 4.78 is 0. The predicted molar refractivity (Wildman–Crippen MR) is 92.7 cm³/mol. The van der Waals surface area contributed by atoms with Gasteiger partial charge in [0.05, 0.1) is 10.7 Å². The van der Waals surface area contributed by atoms with Crippen molar-refractivity contribution < 1.29 is 14.4 Å². The molecular formula is C18H18ClN3O3. The molecule has 4 amide bonds. The highest BCUT2D eigenvalue weighted by atomic mass is 35.5. The van der Waals surface area contributed by atoms with Gasteiger partial charge in [-0.25, -0.2) is 4.79 Å². The molecule has 1 aromatic carbocycles. The number of carbonyl (C=O) groups excluding carboxylic acids is 3. The first-order valence-corrected chi connectivity index (χ1v) is 8.89. The van der Waals surface area contributed by atoms with Crippen molar-refractivity contribution in [3.63, 3.8) is 0 Å². The Morgan fingerprint density at radius 2 is 1.96 bits per heavy atom. The summed E-state index contributed by atoms with van der Waals surface area (Å²) in [6.07, 6.45) is 5.39. The van der Waals surface area contributed by atoms with Crippen LogP contribution >= 0.6 is 11.6 Å². The minimum absolute atomic E-state index is 0.101. The fourth-order valence-electron chi connectivity index (χ4n) is 4.29. The standard InChI is InChI=1S/C18H18ClN3O3/c19-13-3-1-2-4-14(13)20-9-12-16(23)21-18(25)22(17(12)24)15-8-10-5-6-11(15)7-10/h1-4,9-12,15H,5-8H2,(H,21,23,25)/t10-,11-,12-,15-/m0/s1. The molecule has 2 saturated carbocycles. The van der Waals surface area contributed by atoms with Crippen LogP contribution in [0.25, 0.3) is 0 Å². The minimum atomic E-state index is -1.10. The maximum absolute atomic E-state index is 12.8. The van der Waals surface area contributed by atoms with Crippen LogP contribution in [0.5, 0.6) is 0 Å². The first-order valence-electron chi connectivity index (χ1n) is 8.51. The molecule has 1 aliphatic heterocycles. The lowest BCUT2D eigenvalue weighted by Gasteiger charge is -2.36. The van der Waals surface area contributed by atoms with E-state index < -0.39 is 23.8 Å². The number of halogens is 1. The van der Waals surface area contributed by atoms with Crippen molar-refractivity contribution >= 4 is 41.3 Å². The second-order valence-corrected chi connectivity index (χ2v) is 7.36. The number of nitrogens with one attached hydrogen (secondary N) is 1. The smallest absolute Gasteiger partial charge is 0.277 e. The fraction of sp³-hybridized carbons (Fsp3) is 0.444. The van der Waals surface area contributed by atoms with Crippen LogP contribution in [0.4, 0.5) is 10.5 Å². The van der Waals surface area contributed by atoms with Gasteiger partial charge in [-0.3, -0.25) is 24.8 Å². The molecule has 2 bridgehead atoms. The number of amides is 4. The zero-order valence-electron chi connectivity index (χ0n) is 13.5. The molecule has 0 spiro atoms. The molecule has 1 saturated heterocycles. The van der Waals surface area contributed by atoms with Crippen molar-refractivity contribution in [3.8, 4) is 0 Å². The van der Waals surface area contributed by atoms with Gasteiger partial charge in [-0.1, -0.05) is 30.2 Å². The number of fused-ring (bicyclic) bond motifs is 2. The summed E-state index contributed by atoms with van der Waals surface area (Å²) in [7, 11) is 0. The van der Waals surface area contributed by atoms with Crippen LogP contribution in [0, 0.1) is 17.8 Å². The summed E-state index contributed by atoms with van der Waals surface area (Å²) in [4.78, 5) is 42.7. The molecule has 4 atom stereocenters. The maximum Gasteiger partial charge on any atom is 0.331 e. The van der Waals surface area contributed by atoms with Gasteiger partial charge in [0.25, 0.3) is 0 Å². The molecule has 3 aliphatic rings. The molecular weight excluding hydrogens is 342 g/mol. The van der Waals surface area contributed by atoms with Gasteiger partial charge in [-0.15, -0.1) is 0 Å². The first-order chi connectivity index (χ1) is 12.0. The van der Waals surface area contributed by atoms with Gasteiger partial charge in [0.1, 0.15) is 0 Å². The van der Waals surface area contributed by atoms with E-state index in [1.54, 1.807) is 24.3 Å². The third kappa shape index (κ3) is 2.84. The molecule has 1 N–H and O–H groups in total. The number of rotatable bonds is 3. The zero-order valence-corrected chi connectivity index (χ0v) is 14.3. The number of benzene rings is 1. The average molecular weight is 360 g/mol. The molecule has 1 heterocycles. The molecule has 6 nitrogen and oxygen atoms in total. The maximum atomic E-state index is 12.8. The second-order valence-electron chi connectivity index (χ2n) is 6.95. The van der Waals surface area contributed by atoms with Crippen molar-refractivity contribution in [2.45, 2.75) is 31.7 Å². The van der Waals surface area contributed by atoms with Gasteiger partial charge in [-0.2, -0.15) is 0 Å². The topological polar surface area (TPSA) is 78.8 Å². The van der Waals surface area contributed by atoms with Crippen LogP contribution in [0.1, 0.15) is 25.7 Å². The largest absolute Gasteiger partial charge is 0.331 e. The molecule has 4 rings (SSSR count). The van der Waals surface area contributed by atoms with Gasteiger partial charge in [0.2, 0.25) is 11.8 Å². The Bertz CT molecular complexity index is 779. The molecule has 25 heavy (non-hydrogen) atoms. The first kappa shape index (κ1) is 16.3. The van der Waals surface area contributed by atoms with Crippen molar-refractivity contribution in [1.29, 1.82) is 0 Å². The number of nitrogens with zero attached hydrogens (tertiary/aromatic N) is 2. The number of urea groups is 1. The van der Waals surface area contributed by atoms with E-state index in [1.807, 2.05) is 0 Å². The highest BCUT2D eigenvalue weighted by Crippen LogP contribution is 2.47. The molecule has 3 fully saturated rings. The van der Waals surface area contributed by atoms with E-state index in [2.05, 4.69) is 10.3 Å². The Morgan fingerprint density at radius 1 is 1.16 bits per heavy atom. The summed E-state index contributed by atoms with van der Waals surface area (Å²) in [6, 6.07) is 6.22. The molecule has 0 unspecified atom stereocenters. The fourth-order valence-corrected chi connectivity index (χ4v) is 4.47. The highest BCUT2D eigenvalue weighted by Gasteiger charge is 2.50. The number of hydrogen-bond donors (Lipinski definition) is 1. The molecule has 0 radical (unpaired) electrons. The van der Waals surface area contributed by atoms with Crippen LogP contribution in [0.2, 0.25) is 5.02 Å². The normalized spacial score (nSPS) is 31.9. The number of barbiturate groups is 1. The van der Waals surface area contributed by atoms with E-state index in [0.29, 0.717) is 22.5 Å². The Labute approximate surface area is 150 Å². The Kier molecular flexibility index (Phi) is 4.07. The highest BCUT2D eigenvalue weighted by molar-refractivity contribution is 6.33. The summed E-state index contributed by atoms with van der Waals surface area (Å²) in [5, 5.41) is 2.73. The van der Waals surface area contributed by atoms with Crippen LogP contribution in [0.3, 0.4) is 0 Å². The number of hydrogen-bond acceptors (Lipinski definition) is 4. The van der Waals surface area contributed by atoms with Crippen molar-refractivity contribution in [2.75, 3.05) is 0 Å². The zero-order chi connectivity index (χ0) is 17.6. The van der Waals surface area contributed by atoms with E-state index in [0.717, 1.165) is 19.3 Å². The monoisotopic (exact) mass is 359 g/mol. The van der Waals surface area contributed by atoms with Crippen LogP contribution in [-0.4, -0.2) is 35.0 Å². The van der Waals surface area contributed by atoms with E-state index in [-0.39, 0.29) is 6.04 Å². The van der Waals surface area contributed by atoms with E-state index in [9.17, 15) is 14.4 Å². The van der Waals surface area contributed by atoms with Crippen LogP contribution < -0.4 is 5.32 Å². The lowest BCUT2D eigenvalue weighted by Crippen LogP contribution is -2.62. The number of aliphatic imine (C=N–C) groups is 1. The molecule has 0 aromatic heterocycles. The van der Waals surface area contributed by atoms with E-state index >= 15 is 0 Å². The molecule has 1 aromatic rings. The van der Waals surface area contributed by atoms with Gasteiger partial charge in [0.15, 0.2) is 5.92 Å². The third-order valence-corrected chi connectivity index (χ3v) is 5.80. The summed E-state index contributed by atoms with van der Waals surface area (Å²) >= 11 is 6.05. The Hall–Kier alpha value is -2.21. The summed E-state index contributed by atoms with van der Waals surface area (Å²) in [6.45, 7) is 0. The van der Waals surface area contributed by atoms with Crippen molar-refractivity contribution in [2.24, 2.45) is 22.7 Å². The number of carbonyl (C=O) groups is 3. The van der Waals surface area contributed by atoms with Crippen molar-refractivity contribution in [1.82, 2.24) is 10.2 Å². The molecule has 130 valence electrons. The SMILES string of the molecule is O=C1NC(=O)N([C@H]2C[C@H]3CC[C@H]2C3)C(=O)[C@H]1C=Nc1ccccc1Cl. The molecule has 7 heteroatoms. The lowest BCUT2D eigenvalue weighted by atomic mass is 9.92. The van der Waals surface area contributed by atoms with Gasteiger partial charge in [-0.05, 0) is 43.2 Å². The average Bonchev–Trinajstić information content (AvgIpc) is 3.19.